The minimum atomic E-state index is -0.0851. The van der Waals surface area contributed by atoms with Gasteiger partial charge in [-0.05, 0) is 67.6 Å². The highest BCUT2D eigenvalue weighted by atomic mass is 35.5. The first-order valence-electron chi connectivity index (χ1n) is 8.94. The molecule has 0 aromatic heterocycles. The van der Waals surface area contributed by atoms with Crippen LogP contribution in [0.4, 0.5) is 5.69 Å². The number of anilines is 1. The summed E-state index contributed by atoms with van der Waals surface area (Å²) in [6, 6.07) is 15.5. The van der Waals surface area contributed by atoms with E-state index in [0.29, 0.717) is 10.6 Å². The zero-order valence-electron chi connectivity index (χ0n) is 14.8. The Kier molecular flexibility index (Phi) is 5.64. The van der Waals surface area contributed by atoms with Crippen molar-refractivity contribution in [1.29, 1.82) is 0 Å². The summed E-state index contributed by atoms with van der Waals surface area (Å²) in [5.74, 6) is 0.670. The van der Waals surface area contributed by atoms with Crippen molar-refractivity contribution >= 4 is 23.2 Å². The van der Waals surface area contributed by atoms with E-state index in [2.05, 4.69) is 41.4 Å². The molecule has 2 aromatic rings. The van der Waals surface area contributed by atoms with Gasteiger partial charge in [-0.15, -0.1) is 0 Å². The van der Waals surface area contributed by atoms with Gasteiger partial charge in [0.25, 0.3) is 5.91 Å². The van der Waals surface area contributed by atoms with E-state index in [1.165, 1.54) is 18.5 Å². The largest absolute Gasteiger partial charge is 0.371 e. The van der Waals surface area contributed by atoms with Gasteiger partial charge in [0.1, 0.15) is 0 Å². The molecule has 1 heterocycles. The van der Waals surface area contributed by atoms with E-state index in [0.717, 1.165) is 24.6 Å². The van der Waals surface area contributed by atoms with E-state index >= 15 is 0 Å². The van der Waals surface area contributed by atoms with Gasteiger partial charge in [0.2, 0.25) is 0 Å². The topological polar surface area (TPSA) is 32.3 Å². The highest BCUT2D eigenvalue weighted by Crippen LogP contribution is 2.24. The Hall–Kier alpha value is -2.00. The fraction of sp³-hybridized carbons (Fsp3) is 0.381. The predicted molar refractivity (Wildman–Crippen MR) is 104 cm³/mol. The Morgan fingerprint density at radius 3 is 2.48 bits per heavy atom. The summed E-state index contributed by atoms with van der Waals surface area (Å²) in [6.07, 6.45) is 2.58. The van der Waals surface area contributed by atoms with E-state index in [9.17, 15) is 4.79 Å². The Labute approximate surface area is 155 Å². The maximum Gasteiger partial charge on any atom is 0.251 e. The maximum atomic E-state index is 12.3. The molecule has 1 aliphatic rings. The number of carbonyl (C=O) groups excluding carboxylic acids is 1. The van der Waals surface area contributed by atoms with Crippen LogP contribution in [0.3, 0.4) is 0 Å². The van der Waals surface area contributed by atoms with Gasteiger partial charge in [-0.3, -0.25) is 4.79 Å². The van der Waals surface area contributed by atoms with Crippen molar-refractivity contribution in [3.05, 3.63) is 64.7 Å². The molecule has 2 aromatic carbocycles. The van der Waals surface area contributed by atoms with Crippen molar-refractivity contribution < 1.29 is 4.79 Å². The first-order valence-corrected chi connectivity index (χ1v) is 9.32. The van der Waals surface area contributed by atoms with Gasteiger partial charge in [0.15, 0.2) is 0 Å². The van der Waals surface area contributed by atoms with Crippen molar-refractivity contribution in [2.24, 2.45) is 5.92 Å². The average molecular weight is 357 g/mol. The summed E-state index contributed by atoms with van der Waals surface area (Å²) < 4.78 is 0. The van der Waals surface area contributed by atoms with Crippen LogP contribution in [-0.2, 0) is 0 Å². The molecule has 0 spiro atoms. The number of hydrogen-bond acceptors (Lipinski definition) is 2. The first-order chi connectivity index (χ1) is 12.0. The summed E-state index contributed by atoms with van der Waals surface area (Å²) >= 11 is 5.87. The van der Waals surface area contributed by atoms with Crippen molar-refractivity contribution in [1.82, 2.24) is 5.32 Å². The number of carbonyl (C=O) groups is 1. The number of halogens is 1. The molecule has 0 unspecified atom stereocenters. The molecule has 25 heavy (non-hydrogen) atoms. The second-order valence-corrected chi connectivity index (χ2v) is 7.42. The lowest BCUT2D eigenvalue weighted by Crippen LogP contribution is -2.34. The lowest BCUT2D eigenvalue weighted by molar-refractivity contribution is 0.0940. The molecule has 1 amide bonds. The zero-order valence-corrected chi connectivity index (χ0v) is 15.6. The summed E-state index contributed by atoms with van der Waals surface area (Å²) in [4.78, 5) is 14.8. The SMILES string of the molecule is C[C@H]1CCCN(c2ccc([C@@H](C)NC(=O)c3ccc(Cl)cc3)cc2)C1. The molecule has 1 saturated heterocycles. The number of nitrogens with zero attached hydrogens (tertiary/aromatic N) is 1. The molecule has 3 rings (SSSR count). The van der Waals surface area contributed by atoms with E-state index in [-0.39, 0.29) is 11.9 Å². The van der Waals surface area contributed by atoms with Gasteiger partial charge in [-0.1, -0.05) is 30.7 Å². The van der Waals surface area contributed by atoms with Crippen LogP contribution in [0.15, 0.2) is 48.5 Å². The average Bonchev–Trinajstić information content (AvgIpc) is 2.62. The van der Waals surface area contributed by atoms with E-state index in [1.54, 1.807) is 24.3 Å². The molecule has 132 valence electrons. The van der Waals surface area contributed by atoms with Crippen LogP contribution >= 0.6 is 11.6 Å². The normalized spacial score (nSPS) is 18.7. The number of piperidine rings is 1. The zero-order chi connectivity index (χ0) is 17.8. The number of amides is 1. The third-order valence-corrected chi connectivity index (χ3v) is 5.12. The standard InChI is InChI=1S/C21H25ClN2O/c1-15-4-3-13-24(14-15)20-11-7-17(8-12-20)16(2)23-21(25)18-5-9-19(22)10-6-18/h5-12,15-16H,3-4,13-14H2,1-2H3,(H,23,25)/t15-,16+/m0/s1. The molecular formula is C21H25ClN2O. The van der Waals surface area contributed by atoms with Gasteiger partial charge >= 0.3 is 0 Å². The molecule has 1 aliphatic heterocycles. The Morgan fingerprint density at radius 1 is 1.16 bits per heavy atom. The van der Waals surface area contributed by atoms with Gasteiger partial charge in [0, 0.05) is 29.4 Å². The predicted octanol–water partition coefficient (Wildman–Crippen LogP) is 5.07. The minimum absolute atomic E-state index is 0.0440. The van der Waals surface area contributed by atoms with Gasteiger partial charge in [-0.2, -0.15) is 0 Å². The molecule has 0 aliphatic carbocycles. The molecule has 1 fully saturated rings. The summed E-state index contributed by atoms with van der Waals surface area (Å²) in [5, 5.41) is 3.67. The van der Waals surface area contributed by atoms with Crippen LogP contribution < -0.4 is 10.2 Å². The first kappa shape index (κ1) is 17.8. The maximum absolute atomic E-state index is 12.3. The molecule has 1 N–H and O–H groups in total. The van der Waals surface area contributed by atoms with Crippen molar-refractivity contribution in [3.63, 3.8) is 0 Å². The Balaban J connectivity index is 1.63. The highest BCUT2D eigenvalue weighted by Gasteiger charge is 2.17. The number of rotatable bonds is 4. The summed E-state index contributed by atoms with van der Waals surface area (Å²) in [7, 11) is 0. The minimum Gasteiger partial charge on any atom is -0.371 e. The molecule has 4 heteroatoms. The van der Waals surface area contributed by atoms with Gasteiger partial charge in [0.05, 0.1) is 6.04 Å². The summed E-state index contributed by atoms with van der Waals surface area (Å²) in [5.41, 5.74) is 3.00. The van der Waals surface area contributed by atoms with Crippen LogP contribution in [0.2, 0.25) is 5.02 Å². The van der Waals surface area contributed by atoms with E-state index in [4.69, 9.17) is 11.6 Å². The second kappa shape index (κ2) is 7.92. The highest BCUT2D eigenvalue weighted by molar-refractivity contribution is 6.30. The van der Waals surface area contributed by atoms with Gasteiger partial charge < -0.3 is 10.2 Å². The monoisotopic (exact) mass is 356 g/mol. The molecule has 0 radical (unpaired) electrons. The fourth-order valence-electron chi connectivity index (χ4n) is 3.36. The molecular weight excluding hydrogens is 332 g/mol. The number of nitrogens with one attached hydrogen (secondary N) is 1. The molecule has 0 bridgehead atoms. The lowest BCUT2D eigenvalue weighted by Gasteiger charge is -2.33. The third kappa shape index (κ3) is 4.55. The molecule has 3 nitrogen and oxygen atoms in total. The van der Waals surface area contributed by atoms with Crippen LogP contribution in [0.25, 0.3) is 0 Å². The van der Waals surface area contributed by atoms with Crippen LogP contribution in [0.1, 0.15) is 48.7 Å². The van der Waals surface area contributed by atoms with Gasteiger partial charge in [-0.25, -0.2) is 0 Å². The quantitative estimate of drug-likeness (QED) is 0.829. The third-order valence-electron chi connectivity index (χ3n) is 4.87. The van der Waals surface area contributed by atoms with Crippen molar-refractivity contribution in [2.75, 3.05) is 18.0 Å². The summed E-state index contributed by atoms with van der Waals surface area (Å²) in [6.45, 7) is 6.58. The van der Waals surface area contributed by atoms with Crippen LogP contribution in [0, 0.1) is 5.92 Å². The molecule has 0 saturated carbocycles. The fourth-order valence-corrected chi connectivity index (χ4v) is 3.49. The van der Waals surface area contributed by atoms with Crippen molar-refractivity contribution in [2.45, 2.75) is 32.7 Å². The Morgan fingerprint density at radius 2 is 1.84 bits per heavy atom. The molecule has 2 atom stereocenters. The van der Waals surface area contributed by atoms with E-state index < -0.39 is 0 Å². The second-order valence-electron chi connectivity index (χ2n) is 6.99. The van der Waals surface area contributed by atoms with E-state index in [1.807, 2.05) is 6.92 Å². The number of benzene rings is 2. The Bertz CT molecular complexity index is 712. The van der Waals surface area contributed by atoms with Crippen molar-refractivity contribution in [3.8, 4) is 0 Å². The van der Waals surface area contributed by atoms with Crippen LogP contribution in [-0.4, -0.2) is 19.0 Å². The van der Waals surface area contributed by atoms with Crippen LogP contribution in [0.5, 0.6) is 0 Å². The lowest BCUT2D eigenvalue weighted by atomic mass is 9.99. The smallest absolute Gasteiger partial charge is 0.251 e. The number of hydrogen-bond donors (Lipinski definition) is 1.